The van der Waals surface area contributed by atoms with Gasteiger partial charge < -0.3 is 4.74 Å². The first-order valence-electron chi connectivity index (χ1n) is 6.34. The first kappa shape index (κ1) is 12.6. The molecule has 0 radical (unpaired) electrons. The van der Waals surface area contributed by atoms with Crippen molar-refractivity contribution in [3.8, 4) is 0 Å². The van der Waals surface area contributed by atoms with E-state index < -0.39 is 0 Å². The van der Waals surface area contributed by atoms with Gasteiger partial charge in [-0.25, -0.2) is 0 Å². The molecule has 3 N–H and O–H groups in total. The van der Waals surface area contributed by atoms with Crippen LogP contribution in [-0.4, -0.2) is 13.2 Å². The van der Waals surface area contributed by atoms with Gasteiger partial charge in [-0.1, -0.05) is 18.2 Å². The fourth-order valence-electron chi connectivity index (χ4n) is 2.64. The molecule has 0 bridgehead atoms. The van der Waals surface area contributed by atoms with Crippen molar-refractivity contribution in [2.75, 3.05) is 13.2 Å². The van der Waals surface area contributed by atoms with Crippen molar-refractivity contribution in [1.29, 1.82) is 0 Å². The Morgan fingerprint density at radius 3 is 2.65 bits per heavy atom. The molecular weight excluding hydrogens is 212 g/mol. The Kier molecular flexibility index (Phi) is 4.15. The van der Waals surface area contributed by atoms with Crippen LogP contribution in [0.3, 0.4) is 0 Å². The number of hydrogen-bond acceptors (Lipinski definition) is 3. The molecule has 1 heterocycles. The highest BCUT2D eigenvalue weighted by atomic mass is 16.5. The van der Waals surface area contributed by atoms with Crippen LogP contribution in [0.25, 0.3) is 0 Å². The summed E-state index contributed by atoms with van der Waals surface area (Å²) in [4.78, 5) is 0. The van der Waals surface area contributed by atoms with Crippen molar-refractivity contribution in [1.82, 2.24) is 5.43 Å². The second kappa shape index (κ2) is 5.63. The van der Waals surface area contributed by atoms with E-state index in [1.54, 1.807) is 0 Å². The lowest BCUT2D eigenvalue weighted by atomic mass is 9.85. The SMILES string of the molecule is Cc1cccc(C(NN)C2CCOCC2)c1C. The average Bonchev–Trinajstić information content (AvgIpc) is 2.37. The van der Waals surface area contributed by atoms with Gasteiger partial charge in [0.25, 0.3) is 0 Å². The minimum Gasteiger partial charge on any atom is -0.381 e. The molecule has 0 spiro atoms. The fraction of sp³-hybridized carbons (Fsp3) is 0.571. The summed E-state index contributed by atoms with van der Waals surface area (Å²) in [6, 6.07) is 6.69. The normalized spacial score (nSPS) is 19.2. The molecular formula is C14H22N2O. The fourth-order valence-corrected chi connectivity index (χ4v) is 2.64. The zero-order chi connectivity index (χ0) is 12.3. The minimum absolute atomic E-state index is 0.249. The topological polar surface area (TPSA) is 47.3 Å². The molecule has 3 heteroatoms. The molecule has 1 unspecified atom stereocenters. The molecule has 1 aromatic carbocycles. The van der Waals surface area contributed by atoms with Crippen molar-refractivity contribution >= 4 is 0 Å². The van der Waals surface area contributed by atoms with Crippen molar-refractivity contribution in [3.63, 3.8) is 0 Å². The third-order valence-corrected chi connectivity index (χ3v) is 3.90. The minimum atomic E-state index is 0.249. The molecule has 1 aliphatic heterocycles. The third-order valence-electron chi connectivity index (χ3n) is 3.90. The van der Waals surface area contributed by atoms with Crippen LogP contribution in [0.4, 0.5) is 0 Å². The van der Waals surface area contributed by atoms with Gasteiger partial charge in [0.15, 0.2) is 0 Å². The predicted octanol–water partition coefficient (Wildman–Crippen LogP) is 2.23. The second-order valence-electron chi connectivity index (χ2n) is 4.88. The number of nitrogens with one attached hydrogen (secondary N) is 1. The van der Waals surface area contributed by atoms with Crippen LogP contribution in [0.5, 0.6) is 0 Å². The summed E-state index contributed by atoms with van der Waals surface area (Å²) >= 11 is 0. The lowest BCUT2D eigenvalue weighted by molar-refractivity contribution is 0.0535. The van der Waals surface area contributed by atoms with Crippen LogP contribution < -0.4 is 11.3 Å². The maximum absolute atomic E-state index is 5.76. The standard InChI is InChI=1S/C14H22N2O/c1-10-4-3-5-13(11(10)2)14(16-15)12-6-8-17-9-7-12/h3-5,12,14,16H,6-9,15H2,1-2H3. The van der Waals surface area contributed by atoms with E-state index in [9.17, 15) is 0 Å². The summed E-state index contributed by atoms with van der Waals surface area (Å²) in [7, 11) is 0. The predicted molar refractivity (Wildman–Crippen MR) is 69.5 cm³/mol. The molecule has 0 saturated carbocycles. The summed E-state index contributed by atoms with van der Waals surface area (Å²) in [5.74, 6) is 6.34. The highest BCUT2D eigenvalue weighted by molar-refractivity contribution is 5.35. The zero-order valence-corrected chi connectivity index (χ0v) is 10.7. The van der Waals surface area contributed by atoms with E-state index in [1.807, 2.05) is 0 Å². The van der Waals surface area contributed by atoms with Gasteiger partial charge in [-0.15, -0.1) is 0 Å². The molecule has 17 heavy (non-hydrogen) atoms. The van der Waals surface area contributed by atoms with Gasteiger partial charge in [0.2, 0.25) is 0 Å². The lowest BCUT2D eigenvalue weighted by Gasteiger charge is -2.31. The summed E-state index contributed by atoms with van der Waals surface area (Å²) in [6.45, 7) is 6.03. The Morgan fingerprint density at radius 1 is 1.29 bits per heavy atom. The number of benzene rings is 1. The molecule has 1 aromatic rings. The summed E-state index contributed by atoms with van der Waals surface area (Å²) in [5.41, 5.74) is 7.01. The van der Waals surface area contributed by atoms with E-state index in [2.05, 4.69) is 37.5 Å². The van der Waals surface area contributed by atoms with Crippen LogP contribution in [-0.2, 0) is 4.74 Å². The molecule has 2 rings (SSSR count). The van der Waals surface area contributed by atoms with E-state index >= 15 is 0 Å². The van der Waals surface area contributed by atoms with Gasteiger partial charge in [-0.2, -0.15) is 0 Å². The Bertz CT molecular complexity index is 372. The molecule has 0 amide bonds. The van der Waals surface area contributed by atoms with Crippen LogP contribution in [0, 0.1) is 19.8 Å². The monoisotopic (exact) mass is 234 g/mol. The summed E-state index contributed by atoms with van der Waals surface area (Å²) in [5, 5.41) is 0. The Balaban J connectivity index is 2.24. The van der Waals surface area contributed by atoms with E-state index in [4.69, 9.17) is 10.6 Å². The Morgan fingerprint density at radius 2 is 2.00 bits per heavy atom. The first-order valence-corrected chi connectivity index (χ1v) is 6.34. The Hall–Kier alpha value is -0.900. The van der Waals surface area contributed by atoms with Crippen molar-refractivity contribution in [3.05, 3.63) is 34.9 Å². The average molecular weight is 234 g/mol. The highest BCUT2D eigenvalue weighted by Gasteiger charge is 2.25. The van der Waals surface area contributed by atoms with Gasteiger partial charge in [0, 0.05) is 19.3 Å². The summed E-state index contributed by atoms with van der Waals surface area (Å²) < 4.78 is 5.42. The van der Waals surface area contributed by atoms with Crippen LogP contribution >= 0.6 is 0 Å². The number of rotatable bonds is 3. The molecule has 1 aliphatic rings. The molecule has 1 atom stereocenters. The van der Waals surface area contributed by atoms with E-state index in [0.29, 0.717) is 5.92 Å². The highest BCUT2D eigenvalue weighted by Crippen LogP contribution is 2.31. The molecule has 1 fully saturated rings. The number of ether oxygens (including phenoxy) is 1. The Labute approximate surface area is 103 Å². The quantitative estimate of drug-likeness (QED) is 0.623. The lowest BCUT2D eigenvalue weighted by Crippen LogP contribution is -2.36. The van der Waals surface area contributed by atoms with E-state index in [-0.39, 0.29) is 6.04 Å². The number of hydrazine groups is 1. The van der Waals surface area contributed by atoms with E-state index in [1.165, 1.54) is 16.7 Å². The van der Waals surface area contributed by atoms with Gasteiger partial charge in [0.1, 0.15) is 0 Å². The zero-order valence-electron chi connectivity index (χ0n) is 10.7. The van der Waals surface area contributed by atoms with Crippen molar-refractivity contribution in [2.45, 2.75) is 32.7 Å². The van der Waals surface area contributed by atoms with Gasteiger partial charge in [0.05, 0.1) is 0 Å². The maximum Gasteiger partial charge on any atom is 0.0492 e. The van der Waals surface area contributed by atoms with Gasteiger partial charge >= 0.3 is 0 Å². The number of aryl methyl sites for hydroxylation is 1. The molecule has 3 nitrogen and oxygen atoms in total. The number of nitrogens with two attached hydrogens (primary N) is 1. The molecule has 94 valence electrons. The third kappa shape index (κ3) is 2.68. The van der Waals surface area contributed by atoms with Crippen LogP contribution in [0.15, 0.2) is 18.2 Å². The largest absolute Gasteiger partial charge is 0.381 e. The second-order valence-corrected chi connectivity index (χ2v) is 4.88. The van der Waals surface area contributed by atoms with Gasteiger partial charge in [-0.3, -0.25) is 11.3 Å². The van der Waals surface area contributed by atoms with Gasteiger partial charge in [-0.05, 0) is 49.3 Å². The van der Waals surface area contributed by atoms with Crippen molar-refractivity contribution in [2.24, 2.45) is 11.8 Å². The first-order chi connectivity index (χ1) is 8.24. The smallest absolute Gasteiger partial charge is 0.0492 e. The number of hydrogen-bond donors (Lipinski definition) is 2. The van der Waals surface area contributed by atoms with Crippen LogP contribution in [0.2, 0.25) is 0 Å². The maximum atomic E-state index is 5.76. The van der Waals surface area contributed by atoms with Crippen molar-refractivity contribution < 1.29 is 4.74 Å². The molecule has 1 saturated heterocycles. The van der Waals surface area contributed by atoms with Crippen LogP contribution in [0.1, 0.15) is 35.6 Å². The summed E-state index contributed by atoms with van der Waals surface area (Å²) in [6.07, 6.45) is 2.17. The van der Waals surface area contributed by atoms with E-state index in [0.717, 1.165) is 26.1 Å². The molecule has 0 aliphatic carbocycles. The molecule has 0 aromatic heterocycles.